The second-order valence-corrected chi connectivity index (χ2v) is 7.60. The highest BCUT2D eigenvalue weighted by Crippen LogP contribution is 2.17. The normalized spacial score (nSPS) is 13.4. The summed E-state index contributed by atoms with van der Waals surface area (Å²) in [6.45, 7) is 1.49. The van der Waals surface area contributed by atoms with Crippen LogP contribution in [0.4, 0.5) is 4.39 Å². The van der Waals surface area contributed by atoms with Gasteiger partial charge in [-0.3, -0.25) is 4.79 Å². The molecule has 6 heteroatoms. The summed E-state index contributed by atoms with van der Waals surface area (Å²) in [6, 6.07) is 4.84. The van der Waals surface area contributed by atoms with E-state index < -0.39 is 24.7 Å². The molecular weight excluding hydrogens is 346 g/mol. The summed E-state index contributed by atoms with van der Waals surface area (Å²) >= 11 is 1.59. The highest BCUT2D eigenvalue weighted by atomic mass is 127. The van der Waals surface area contributed by atoms with Crippen LogP contribution in [0.15, 0.2) is 24.3 Å². The molecule has 0 N–H and O–H groups in total. The van der Waals surface area contributed by atoms with Crippen LogP contribution in [-0.4, -0.2) is 23.2 Å². The van der Waals surface area contributed by atoms with E-state index in [2.05, 4.69) is 0 Å². The first-order valence-corrected chi connectivity index (χ1v) is 7.50. The van der Waals surface area contributed by atoms with E-state index >= 15 is 0 Å². The molecule has 1 atom stereocenters. The molecule has 0 amide bonds. The SMILES string of the molecule is CCS(=O)(=O)C(I)C(=O)c1ccc(F)cc1. The van der Waals surface area contributed by atoms with Crippen LogP contribution in [0.5, 0.6) is 0 Å². The summed E-state index contributed by atoms with van der Waals surface area (Å²) in [7, 11) is -3.41. The summed E-state index contributed by atoms with van der Waals surface area (Å²) in [5.41, 5.74) is 0.206. The highest BCUT2D eigenvalue weighted by molar-refractivity contribution is 14.1. The lowest BCUT2D eigenvalue weighted by atomic mass is 10.1. The van der Waals surface area contributed by atoms with E-state index in [4.69, 9.17) is 0 Å². The fourth-order valence-corrected chi connectivity index (χ4v) is 3.25. The average molecular weight is 356 g/mol. The molecule has 1 aromatic carbocycles. The predicted molar refractivity (Wildman–Crippen MR) is 68.0 cm³/mol. The first-order valence-electron chi connectivity index (χ1n) is 4.54. The lowest BCUT2D eigenvalue weighted by Gasteiger charge is -2.08. The molecule has 0 aliphatic rings. The van der Waals surface area contributed by atoms with Crippen LogP contribution in [-0.2, 0) is 9.84 Å². The summed E-state index contributed by atoms with van der Waals surface area (Å²) in [5.74, 6) is -1.06. The molecule has 1 unspecified atom stereocenters. The molecular formula is C10H10FIO3S. The summed E-state index contributed by atoms with van der Waals surface area (Å²) in [6.07, 6.45) is 0. The Bertz CT molecular complexity index is 481. The van der Waals surface area contributed by atoms with E-state index in [9.17, 15) is 17.6 Å². The lowest BCUT2D eigenvalue weighted by Crippen LogP contribution is -2.25. The third-order valence-electron chi connectivity index (χ3n) is 2.05. The lowest BCUT2D eigenvalue weighted by molar-refractivity contribution is 0.101. The number of Topliss-reactive ketones (excluding diaryl/α,β-unsaturated/α-hetero) is 1. The summed E-state index contributed by atoms with van der Waals surface area (Å²) in [4.78, 5) is 11.8. The van der Waals surface area contributed by atoms with E-state index in [1.54, 1.807) is 22.6 Å². The van der Waals surface area contributed by atoms with Crippen molar-refractivity contribution >= 4 is 38.2 Å². The molecule has 0 spiro atoms. The molecule has 0 saturated carbocycles. The summed E-state index contributed by atoms with van der Waals surface area (Å²) in [5, 5.41) is 0. The maximum absolute atomic E-state index is 12.6. The minimum absolute atomic E-state index is 0.0897. The number of benzene rings is 1. The number of sulfone groups is 1. The standard InChI is InChI=1S/C10H10FIO3S/c1-2-16(14,15)10(12)9(13)7-3-5-8(11)6-4-7/h3-6,10H,2H2,1H3. The third kappa shape index (κ3) is 3.00. The fourth-order valence-electron chi connectivity index (χ4n) is 1.05. The Morgan fingerprint density at radius 2 is 1.88 bits per heavy atom. The number of rotatable bonds is 4. The van der Waals surface area contributed by atoms with Crippen molar-refractivity contribution in [1.29, 1.82) is 0 Å². The van der Waals surface area contributed by atoms with Gasteiger partial charge >= 0.3 is 0 Å². The van der Waals surface area contributed by atoms with Crippen LogP contribution in [0.3, 0.4) is 0 Å². The molecule has 0 bridgehead atoms. The molecule has 88 valence electrons. The minimum Gasteiger partial charge on any atom is -0.292 e. The maximum atomic E-state index is 12.6. The largest absolute Gasteiger partial charge is 0.292 e. The van der Waals surface area contributed by atoms with Crippen LogP contribution >= 0.6 is 22.6 Å². The van der Waals surface area contributed by atoms with Crippen molar-refractivity contribution in [3.8, 4) is 0 Å². The van der Waals surface area contributed by atoms with Crippen LogP contribution < -0.4 is 0 Å². The van der Waals surface area contributed by atoms with Gasteiger partial charge in [0.25, 0.3) is 0 Å². The molecule has 0 aromatic heterocycles. The molecule has 1 rings (SSSR count). The van der Waals surface area contributed by atoms with E-state index in [0.717, 1.165) is 12.1 Å². The van der Waals surface area contributed by atoms with Gasteiger partial charge in [0.05, 0.1) is 0 Å². The van der Waals surface area contributed by atoms with Crippen molar-refractivity contribution in [1.82, 2.24) is 0 Å². The van der Waals surface area contributed by atoms with E-state index in [1.165, 1.54) is 19.1 Å². The van der Waals surface area contributed by atoms with Crippen molar-refractivity contribution in [3.63, 3.8) is 0 Å². The van der Waals surface area contributed by atoms with Crippen molar-refractivity contribution < 1.29 is 17.6 Å². The van der Waals surface area contributed by atoms with Gasteiger partial charge in [0, 0.05) is 11.3 Å². The smallest absolute Gasteiger partial charge is 0.190 e. The van der Waals surface area contributed by atoms with E-state index in [-0.39, 0.29) is 11.3 Å². The van der Waals surface area contributed by atoms with Crippen molar-refractivity contribution in [2.24, 2.45) is 0 Å². The maximum Gasteiger partial charge on any atom is 0.190 e. The zero-order chi connectivity index (χ0) is 12.3. The van der Waals surface area contributed by atoms with Crippen LogP contribution in [0.25, 0.3) is 0 Å². The van der Waals surface area contributed by atoms with Crippen LogP contribution in [0.2, 0.25) is 0 Å². The van der Waals surface area contributed by atoms with Gasteiger partial charge in [0.1, 0.15) is 5.82 Å². The topological polar surface area (TPSA) is 51.2 Å². The van der Waals surface area contributed by atoms with Crippen molar-refractivity contribution in [2.75, 3.05) is 5.75 Å². The number of ketones is 1. The molecule has 0 saturated heterocycles. The monoisotopic (exact) mass is 356 g/mol. The Hall–Kier alpha value is -0.500. The Kier molecular flexibility index (Phi) is 4.43. The number of alkyl halides is 1. The van der Waals surface area contributed by atoms with Crippen molar-refractivity contribution in [3.05, 3.63) is 35.6 Å². The number of hydrogen-bond donors (Lipinski definition) is 0. The minimum atomic E-state index is -3.41. The second-order valence-electron chi connectivity index (χ2n) is 3.14. The fraction of sp³-hybridized carbons (Fsp3) is 0.300. The zero-order valence-electron chi connectivity index (χ0n) is 8.48. The van der Waals surface area contributed by atoms with Gasteiger partial charge in [-0.05, 0) is 24.3 Å². The molecule has 3 nitrogen and oxygen atoms in total. The first-order chi connectivity index (χ1) is 7.38. The zero-order valence-corrected chi connectivity index (χ0v) is 11.5. The van der Waals surface area contributed by atoms with Crippen molar-refractivity contribution in [2.45, 2.75) is 10.2 Å². The van der Waals surface area contributed by atoms with Gasteiger partial charge in [-0.15, -0.1) is 0 Å². The Morgan fingerprint density at radius 1 is 1.38 bits per heavy atom. The number of halogens is 2. The van der Waals surface area contributed by atoms with Gasteiger partial charge in [-0.1, -0.05) is 29.5 Å². The second kappa shape index (κ2) is 5.22. The van der Waals surface area contributed by atoms with Gasteiger partial charge < -0.3 is 0 Å². The quantitative estimate of drug-likeness (QED) is 0.472. The van der Waals surface area contributed by atoms with Crippen LogP contribution in [0.1, 0.15) is 17.3 Å². The average Bonchev–Trinajstić information content (AvgIpc) is 2.28. The molecule has 16 heavy (non-hydrogen) atoms. The molecule has 0 radical (unpaired) electrons. The summed E-state index contributed by atoms with van der Waals surface area (Å²) < 4.78 is 34.5. The number of hydrogen-bond acceptors (Lipinski definition) is 3. The predicted octanol–water partition coefficient (Wildman–Crippen LogP) is 2.20. The Labute approximate surface area is 107 Å². The molecule has 0 fully saturated rings. The molecule has 0 aliphatic heterocycles. The molecule has 1 aromatic rings. The van der Waals surface area contributed by atoms with Gasteiger partial charge in [-0.2, -0.15) is 0 Å². The molecule has 0 heterocycles. The van der Waals surface area contributed by atoms with Gasteiger partial charge in [0.15, 0.2) is 18.9 Å². The Balaban J connectivity index is 2.99. The van der Waals surface area contributed by atoms with Gasteiger partial charge in [0.2, 0.25) is 0 Å². The third-order valence-corrected chi connectivity index (χ3v) is 6.59. The van der Waals surface area contributed by atoms with Crippen LogP contribution in [0, 0.1) is 5.82 Å². The first kappa shape index (κ1) is 13.6. The van der Waals surface area contributed by atoms with E-state index in [1.807, 2.05) is 0 Å². The number of carbonyl (C=O) groups is 1. The number of carbonyl (C=O) groups excluding carboxylic acids is 1. The van der Waals surface area contributed by atoms with E-state index in [0.29, 0.717) is 0 Å². The van der Waals surface area contributed by atoms with Gasteiger partial charge in [-0.25, -0.2) is 12.8 Å². The Morgan fingerprint density at radius 3 is 2.31 bits per heavy atom. The highest BCUT2D eigenvalue weighted by Gasteiger charge is 2.28. The molecule has 0 aliphatic carbocycles.